The SMILES string of the molecule is CNC(=O)c1ccc(CN2CCN(S(C)(=O)=O)CC2)cc1. The van der Waals surface area contributed by atoms with Gasteiger partial charge in [0.2, 0.25) is 10.0 Å². The third kappa shape index (κ3) is 4.26. The van der Waals surface area contributed by atoms with Gasteiger partial charge < -0.3 is 5.32 Å². The zero-order valence-corrected chi connectivity index (χ0v) is 13.2. The van der Waals surface area contributed by atoms with Crippen molar-refractivity contribution in [3.63, 3.8) is 0 Å². The highest BCUT2D eigenvalue weighted by atomic mass is 32.2. The molecule has 2 rings (SSSR count). The Hall–Kier alpha value is -1.44. The number of hydrogen-bond donors (Lipinski definition) is 1. The smallest absolute Gasteiger partial charge is 0.251 e. The molecule has 1 aromatic carbocycles. The van der Waals surface area contributed by atoms with Gasteiger partial charge in [0.1, 0.15) is 0 Å². The maximum atomic E-state index is 11.5. The Morgan fingerprint density at radius 2 is 1.71 bits per heavy atom. The Labute approximate surface area is 125 Å². The summed E-state index contributed by atoms with van der Waals surface area (Å²) in [5.41, 5.74) is 1.76. The lowest BCUT2D eigenvalue weighted by Gasteiger charge is -2.33. The molecule has 1 N–H and O–H groups in total. The van der Waals surface area contributed by atoms with Crippen LogP contribution in [-0.4, -0.2) is 63.0 Å². The van der Waals surface area contributed by atoms with Crippen molar-refractivity contribution in [1.82, 2.24) is 14.5 Å². The van der Waals surface area contributed by atoms with Crippen molar-refractivity contribution in [2.24, 2.45) is 0 Å². The van der Waals surface area contributed by atoms with E-state index in [1.54, 1.807) is 19.2 Å². The number of carbonyl (C=O) groups excluding carboxylic acids is 1. The first kappa shape index (κ1) is 15.9. The summed E-state index contributed by atoms with van der Waals surface area (Å²) in [5, 5.41) is 2.59. The van der Waals surface area contributed by atoms with E-state index >= 15 is 0 Å². The number of piperazine rings is 1. The molecule has 0 bridgehead atoms. The number of carbonyl (C=O) groups is 1. The van der Waals surface area contributed by atoms with Gasteiger partial charge in [0.15, 0.2) is 0 Å². The molecule has 1 aliphatic heterocycles. The lowest BCUT2D eigenvalue weighted by atomic mass is 10.1. The summed E-state index contributed by atoms with van der Waals surface area (Å²) in [4.78, 5) is 13.7. The zero-order valence-electron chi connectivity index (χ0n) is 12.4. The van der Waals surface area contributed by atoms with E-state index in [9.17, 15) is 13.2 Å². The van der Waals surface area contributed by atoms with Gasteiger partial charge in [0, 0.05) is 45.3 Å². The minimum atomic E-state index is -3.08. The number of rotatable bonds is 4. The summed E-state index contributed by atoms with van der Waals surface area (Å²) >= 11 is 0. The molecule has 0 aliphatic carbocycles. The second kappa shape index (κ2) is 6.55. The van der Waals surface area contributed by atoms with E-state index < -0.39 is 10.0 Å². The highest BCUT2D eigenvalue weighted by molar-refractivity contribution is 7.88. The molecule has 21 heavy (non-hydrogen) atoms. The summed E-state index contributed by atoms with van der Waals surface area (Å²) in [7, 11) is -1.47. The van der Waals surface area contributed by atoms with Gasteiger partial charge in [-0.25, -0.2) is 8.42 Å². The molecule has 1 saturated heterocycles. The fourth-order valence-electron chi connectivity index (χ4n) is 2.38. The number of nitrogens with zero attached hydrogens (tertiary/aromatic N) is 2. The molecule has 0 saturated carbocycles. The Kier molecular flexibility index (Phi) is 4.97. The van der Waals surface area contributed by atoms with Crippen LogP contribution in [0.3, 0.4) is 0 Å². The monoisotopic (exact) mass is 311 g/mol. The van der Waals surface area contributed by atoms with Gasteiger partial charge in [-0.2, -0.15) is 4.31 Å². The van der Waals surface area contributed by atoms with Gasteiger partial charge in [-0.3, -0.25) is 9.69 Å². The van der Waals surface area contributed by atoms with Gasteiger partial charge in [-0.1, -0.05) is 12.1 Å². The van der Waals surface area contributed by atoms with Crippen LogP contribution in [0.5, 0.6) is 0 Å². The number of sulfonamides is 1. The van der Waals surface area contributed by atoms with Crippen molar-refractivity contribution in [2.45, 2.75) is 6.54 Å². The molecule has 0 aromatic heterocycles. The predicted octanol–water partition coefficient (Wildman–Crippen LogP) is 0.123. The molecule has 116 valence electrons. The average Bonchev–Trinajstić information content (AvgIpc) is 2.47. The zero-order chi connectivity index (χ0) is 15.5. The van der Waals surface area contributed by atoms with Crippen molar-refractivity contribution >= 4 is 15.9 Å². The van der Waals surface area contributed by atoms with Crippen LogP contribution < -0.4 is 5.32 Å². The molecule has 0 unspecified atom stereocenters. The Morgan fingerprint density at radius 3 is 2.19 bits per heavy atom. The van der Waals surface area contributed by atoms with Crippen molar-refractivity contribution in [3.05, 3.63) is 35.4 Å². The van der Waals surface area contributed by atoms with Gasteiger partial charge in [0.05, 0.1) is 6.26 Å². The van der Waals surface area contributed by atoms with Crippen LogP contribution in [0.4, 0.5) is 0 Å². The molecule has 1 amide bonds. The van der Waals surface area contributed by atoms with Gasteiger partial charge in [-0.15, -0.1) is 0 Å². The quantitative estimate of drug-likeness (QED) is 0.858. The molecule has 1 heterocycles. The molecule has 0 radical (unpaired) electrons. The lowest BCUT2D eigenvalue weighted by Crippen LogP contribution is -2.47. The normalized spacial score (nSPS) is 17.6. The molecule has 7 heteroatoms. The first-order valence-electron chi connectivity index (χ1n) is 6.88. The molecule has 0 spiro atoms. The van der Waals surface area contributed by atoms with Crippen LogP contribution in [0.15, 0.2) is 24.3 Å². The molecule has 1 aliphatic rings. The largest absolute Gasteiger partial charge is 0.355 e. The third-order valence-electron chi connectivity index (χ3n) is 3.65. The Bertz CT molecular complexity index is 590. The van der Waals surface area contributed by atoms with Crippen LogP contribution >= 0.6 is 0 Å². The number of benzene rings is 1. The maximum absolute atomic E-state index is 11.5. The second-order valence-corrected chi connectivity index (χ2v) is 7.20. The minimum absolute atomic E-state index is 0.0942. The van der Waals surface area contributed by atoms with Crippen molar-refractivity contribution in [2.75, 3.05) is 39.5 Å². The maximum Gasteiger partial charge on any atom is 0.251 e. The summed E-state index contributed by atoms with van der Waals surface area (Å²) in [6.07, 6.45) is 1.25. The highest BCUT2D eigenvalue weighted by Crippen LogP contribution is 2.11. The standard InChI is InChI=1S/C14H21N3O3S/c1-15-14(18)13-5-3-12(4-6-13)11-16-7-9-17(10-8-16)21(2,19)20/h3-6H,7-11H2,1-2H3,(H,15,18). The van der Waals surface area contributed by atoms with E-state index in [1.807, 2.05) is 12.1 Å². The molecular formula is C14H21N3O3S. The van der Waals surface area contributed by atoms with Crippen LogP contribution in [0.25, 0.3) is 0 Å². The first-order valence-corrected chi connectivity index (χ1v) is 8.73. The molecular weight excluding hydrogens is 290 g/mol. The highest BCUT2D eigenvalue weighted by Gasteiger charge is 2.23. The van der Waals surface area contributed by atoms with Gasteiger partial charge in [-0.05, 0) is 17.7 Å². The fourth-order valence-corrected chi connectivity index (χ4v) is 3.21. The van der Waals surface area contributed by atoms with E-state index in [2.05, 4.69) is 10.2 Å². The van der Waals surface area contributed by atoms with Crippen LogP contribution in [0.2, 0.25) is 0 Å². The Balaban J connectivity index is 1.90. The van der Waals surface area contributed by atoms with E-state index in [1.165, 1.54) is 10.6 Å². The topological polar surface area (TPSA) is 69.7 Å². The number of amides is 1. The minimum Gasteiger partial charge on any atom is -0.355 e. The molecule has 0 atom stereocenters. The van der Waals surface area contributed by atoms with E-state index in [0.717, 1.165) is 25.2 Å². The van der Waals surface area contributed by atoms with Gasteiger partial charge in [0.25, 0.3) is 5.91 Å². The first-order chi connectivity index (χ1) is 9.90. The van der Waals surface area contributed by atoms with E-state index in [-0.39, 0.29) is 5.91 Å². The van der Waals surface area contributed by atoms with E-state index in [0.29, 0.717) is 18.7 Å². The van der Waals surface area contributed by atoms with Crippen LogP contribution in [0.1, 0.15) is 15.9 Å². The molecule has 1 aromatic rings. The fraction of sp³-hybridized carbons (Fsp3) is 0.500. The third-order valence-corrected chi connectivity index (χ3v) is 4.95. The molecule has 1 fully saturated rings. The summed E-state index contributed by atoms with van der Waals surface area (Å²) in [6.45, 7) is 3.30. The molecule has 6 nitrogen and oxygen atoms in total. The van der Waals surface area contributed by atoms with E-state index in [4.69, 9.17) is 0 Å². The summed E-state index contributed by atoms with van der Waals surface area (Å²) < 4.78 is 24.4. The summed E-state index contributed by atoms with van der Waals surface area (Å²) in [5.74, 6) is -0.0942. The Morgan fingerprint density at radius 1 is 1.14 bits per heavy atom. The van der Waals surface area contributed by atoms with Crippen LogP contribution in [0, 0.1) is 0 Å². The van der Waals surface area contributed by atoms with Crippen molar-refractivity contribution in [1.29, 1.82) is 0 Å². The lowest BCUT2D eigenvalue weighted by molar-refractivity contribution is 0.0963. The predicted molar refractivity (Wildman–Crippen MR) is 81.5 cm³/mol. The van der Waals surface area contributed by atoms with Crippen LogP contribution in [-0.2, 0) is 16.6 Å². The van der Waals surface area contributed by atoms with Crippen molar-refractivity contribution in [3.8, 4) is 0 Å². The summed E-state index contributed by atoms with van der Waals surface area (Å²) in [6, 6.07) is 7.49. The average molecular weight is 311 g/mol. The second-order valence-electron chi connectivity index (χ2n) is 5.21. The number of hydrogen-bond acceptors (Lipinski definition) is 4. The van der Waals surface area contributed by atoms with Crippen molar-refractivity contribution < 1.29 is 13.2 Å². The number of nitrogens with one attached hydrogen (secondary N) is 1. The van der Waals surface area contributed by atoms with Gasteiger partial charge >= 0.3 is 0 Å².